The number of imidazole rings is 1. The normalized spacial score (nSPS) is 17.7. The number of alkyl halides is 3. The van der Waals surface area contributed by atoms with Crippen molar-refractivity contribution in [3.63, 3.8) is 0 Å². The molecule has 1 aliphatic carbocycles. The number of rotatable bonds is 3. The van der Waals surface area contributed by atoms with E-state index in [-0.39, 0.29) is 29.9 Å². The zero-order valence-electron chi connectivity index (χ0n) is 17.5. The largest absolute Gasteiger partial charge is 0.491 e. The van der Waals surface area contributed by atoms with Gasteiger partial charge in [-0.15, -0.1) is 0 Å². The summed E-state index contributed by atoms with van der Waals surface area (Å²) >= 11 is 0. The summed E-state index contributed by atoms with van der Waals surface area (Å²) in [7, 11) is 0. The lowest BCUT2D eigenvalue weighted by molar-refractivity contribution is -0.137. The minimum atomic E-state index is -4.70. The third kappa shape index (κ3) is 3.14. The Morgan fingerprint density at radius 2 is 1.97 bits per heavy atom. The standard InChI is InChI=1S/C23H17F4N5O2/c24-14-6-12(23(25,26)27)7-19-20(14)18(9-34-19)32(13-2-3-13)22(33)11-1-4-15-16(5-11)31-10-29-8-17(31)21(28)30-15/h1,4-8,10,13,18H,2-3,9H2,(H2,28,30)/t18-/m1/s1. The predicted molar refractivity (Wildman–Crippen MR) is 114 cm³/mol. The molecule has 0 bridgehead atoms. The summed E-state index contributed by atoms with van der Waals surface area (Å²) in [5.74, 6) is -1.29. The Bertz CT molecular complexity index is 1480. The van der Waals surface area contributed by atoms with Gasteiger partial charge in [0.1, 0.15) is 29.5 Å². The molecule has 1 amide bonds. The quantitative estimate of drug-likeness (QED) is 0.449. The first kappa shape index (κ1) is 20.7. The van der Waals surface area contributed by atoms with Crippen molar-refractivity contribution >= 4 is 28.3 Å². The summed E-state index contributed by atoms with van der Waals surface area (Å²) < 4.78 is 61.4. The molecule has 11 heteroatoms. The summed E-state index contributed by atoms with van der Waals surface area (Å²) in [6.07, 6.45) is -0.131. The number of anilines is 1. The number of nitrogen functional groups attached to an aromatic ring is 1. The van der Waals surface area contributed by atoms with Crippen LogP contribution in [-0.4, -0.2) is 37.8 Å². The van der Waals surface area contributed by atoms with Crippen LogP contribution in [-0.2, 0) is 6.18 Å². The van der Waals surface area contributed by atoms with Gasteiger partial charge in [0.05, 0.1) is 40.7 Å². The molecule has 0 unspecified atom stereocenters. The summed E-state index contributed by atoms with van der Waals surface area (Å²) in [6.45, 7) is -0.118. The van der Waals surface area contributed by atoms with Gasteiger partial charge in [-0.05, 0) is 43.2 Å². The molecule has 0 saturated heterocycles. The van der Waals surface area contributed by atoms with Gasteiger partial charge >= 0.3 is 6.18 Å². The number of hydrogen-bond donors (Lipinski definition) is 1. The number of nitrogens with zero attached hydrogens (tertiary/aromatic N) is 4. The maximum atomic E-state index is 14.9. The molecule has 3 heterocycles. The number of fused-ring (bicyclic) bond motifs is 4. The van der Waals surface area contributed by atoms with Crippen LogP contribution in [0.2, 0.25) is 0 Å². The highest BCUT2D eigenvalue weighted by atomic mass is 19.4. The second-order valence-electron chi connectivity index (χ2n) is 8.49. The van der Waals surface area contributed by atoms with Crippen LogP contribution in [0.3, 0.4) is 0 Å². The minimum Gasteiger partial charge on any atom is -0.491 e. The molecular weight excluding hydrogens is 454 g/mol. The molecule has 1 atom stereocenters. The molecular formula is C23H17F4N5O2. The number of halogens is 4. The third-order valence-corrected chi connectivity index (χ3v) is 6.28. The van der Waals surface area contributed by atoms with Crippen LogP contribution in [0.15, 0.2) is 42.9 Å². The second-order valence-corrected chi connectivity index (χ2v) is 8.49. The van der Waals surface area contributed by atoms with E-state index in [1.54, 1.807) is 35.1 Å². The highest BCUT2D eigenvalue weighted by Crippen LogP contribution is 2.45. The average molecular weight is 471 g/mol. The van der Waals surface area contributed by atoms with Crippen molar-refractivity contribution in [1.29, 1.82) is 0 Å². The first-order valence-electron chi connectivity index (χ1n) is 10.6. The fraction of sp³-hybridized carbons (Fsp3) is 0.261. The Morgan fingerprint density at radius 1 is 1.18 bits per heavy atom. The van der Waals surface area contributed by atoms with E-state index in [0.717, 1.165) is 18.9 Å². The van der Waals surface area contributed by atoms with Gasteiger partial charge in [-0.3, -0.25) is 9.20 Å². The Balaban J connectivity index is 1.42. The van der Waals surface area contributed by atoms with E-state index in [1.807, 2.05) is 0 Å². The third-order valence-electron chi connectivity index (χ3n) is 6.28. The number of benzene rings is 2. The molecule has 1 fully saturated rings. The first-order chi connectivity index (χ1) is 16.2. The van der Waals surface area contributed by atoms with E-state index in [2.05, 4.69) is 9.97 Å². The number of hydrogen-bond acceptors (Lipinski definition) is 5. The van der Waals surface area contributed by atoms with Crippen molar-refractivity contribution in [1.82, 2.24) is 19.3 Å². The lowest BCUT2D eigenvalue weighted by Crippen LogP contribution is -2.38. The fourth-order valence-corrected chi connectivity index (χ4v) is 4.54. The number of carbonyl (C=O) groups is 1. The van der Waals surface area contributed by atoms with Crippen molar-refractivity contribution in [2.24, 2.45) is 0 Å². The van der Waals surface area contributed by atoms with Gasteiger partial charge < -0.3 is 15.4 Å². The number of nitrogens with two attached hydrogens (primary N) is 1. The molecule has 2 aromatic heterocycles. The van der Waals surface area contributed by atoms with Crippen molar-refractivity contribution in [3.8, 4) is 5.75 Å². The van der Waals surface area contributed by atoms with Gasteiger partial charge in [0.2, 0.25) is 0 Å². The zero-order valence-corrected chi connectivity index (χ0v) is 17.5. The summed E-state index contributed by atoms with van der Waals surface area (Å²) in [6, 6.07) is 5.20. The molecule has 1 saturated carbocycles. The Morgan fingerprint density at radius 3 is 2.71 bits per heavy atom. The van der Waals surface area contributed by atoms with E-state index in [9.17, 15) is 22.4 Å². The van der Waals surface area contributed by atoms with Gasteiger partial charge in [0.25, 0.3) is 5.91 Å². The molecule has 174 valence electrons. The fourth-order valence-electron chi connectivity index (χ4n) is 4.54. The number of amides is 1. The number of carbonyl (C=O) groups excluding carboxylic acids is 1. The van der Waals surface area contributed by atoms with Gasteiger partial charge in [0, 0.05) is 11.6 Å². The van der Waals surface area contributed by atoms with Crippen molar-refractivity contribution < 1.29 is 27.1 Å². The second kappa shape index (κ2) is 7.05. The molecule has 2 aliphatic rings. The molecule has 2 aromatic carbocycles. The van der Waals surface area contributed by atoms with E-state index in [4.69, 9.17) is 10.5 Å². The molecule has 6 rings (SSSR count). The molecule has 0 spiro atoms. The van der Waals surface area contributed by atoms with E-state index < -0.39 is 23.6 Å². The van der Waals surface area contributed by atoms with Gasteiger partial charge in [-0.25, -0.2) is 14.4 Å². The maximum absolute atomic E-state index is 14.9. The van der Waals surface area contributed by atoms with Crippen LogP contribution >= 0.6 is 0 Å². The summed E-state index contributed by atoms with van der Waals surface area (Å²) in [5, 5.41) is 0. The van der Waals surface area contributed by atoms with Crippen LogP contribution < -0.4 is 10.5 Å². The minimum absolute atomic E-state index is 0.0273. The van der Waals surface area contributed by atoms with Gasteiger partial charge in [-0.1, -0.05) is 0 Å². The smallest absolute Gasteiger partial charge is 0.416 e. The Labute approximate surface area is 189 Å². The van der Waals surface area contributed by atoms with Gasteiger partial charge in [-0.2, -0.15) is 13.2 Å². The van der Waals surface area contributed by atoms with Crippen molar-refractivity contribution in [3.05, 3.63) is 65.4 Å². The van der Waals surface area contributed by atoms with Crippen LogP contribution in [0.25, 0.3) is 16.6 Å². The summed E-state index contributed by atoms with van der Waals surface area (Å²) in [5.41, 5.74) is 6.94. The molecule has 7 nitrogen and oxygen atoms in total. The molecule has 34 heavy (non-hydrogen) atoms. The Kier molecular flexibility index (Phi) is 4.29. The lowest BCUT2D eigenvalue weighted by Gasteiger charge is -2.29. The zero-order chi connectivity index (χ0) is 23.8. The van der Waals surface area contributed by atoms with Crippen LogP contribution in [0, 0.1) is 5.82 Å². The number of ether oxygens (including phenoxy) is 1. The molecule has 1 aliphatic heterocycles. The van der Waals surface area contributed by atoms with E-state index in [0.29, 0.717) is 34.0 Å². The number of aromatic nitrogens is 3. The monoisotopic (exact) mass is 471 g/mol. The van der Waals surface area contributed by atoms with Crippen LogP contribution in [0.4, 0.5) is 23.4 Å². The predicted octanol–water partition coefficient (Wildman–Crippen LogP) is 4.36. The SMILES string of the molecule is Nc1nc2ccc(C(=O)N(C3CC3)[C@@H]3COc4cc(C(F)(F)F)cc(F)c43)cc2n2cncc12. The highest BCUT2D eigenvalue weighted by Gasteiger charge is 2.44. The topological polar surface area (TPSA) is 85.8 Å². The van der Waals surface area contributed by atoms with E-state index >= 15 is 0 Å². The van der Waals surface area contributed by atoms with Crippen LogP contribution in [0.1, 0.15) is 40.4 Å². The average Bonchev–Trinajstić information content (AvgIpc) is 3.31. The maximum Gasteiger partial charge on any atom is 0.416 e. The van der Waals surface area contributed by atoms with Crippen molar-refractivity contribution in [2.45, 2.75) is 31.1 Å². The molecule has 4 aromatic rings. The first-order valence-corrected chi connectivity index (χ1v) is 10.6. The lowest BCUT2D eigenvalue weighted by atomic mass is 10.0. The molecule has 2 N–H and O–H groups in total. The van der Waals surface area contributed by atoms with E-state index in [1.165, 1.54) is 4.90 Å². The highest BCUT2D eigenvalue weighted by molar-refractivity contribution is 5.98. The molecule has 0 radical (unpaired) electrons. The van der Waals surface area contributed by atoms with Crippen LogP contribution in [0.5, 0.6) is 5.75 Å². The van der Waals surface area contributed by atoms with Gasteiger partial charge in [0.15, 0.2) is 0 Å². The summed E-state index contributed by atoms with van der Waals surface area (Å²) in [4.78, 5) is 23.6. The Hall–Kier alpha value is -3.89. The van der Waals surface area contributed by atoms with Crippen molar-refractivity contribution in [2.75, 3.05) is 12.3 Å².